The average Bonchev–Trinajstić information content (AvgIpc) is 2.68. The molecule has 0 saturated carbocycles. The normalized spacial score (nSPS) is 9.94. The van der Waals surface area contributed by atoms with E-state index in [2.05, 4.69) is 21.6 Å². The molecular formula is C12H13N5. The van der Waals surface area contributed by atoms with Crippen LogP contribution in [0.3, 0.4) is 0 Å². The van der Waals surface area contributed by atoms with Crippen LogP contribution in [-0.2, 0) is 13.6 Å². The van der Waals surface area contributed by atoms with Crippen LogP contribution in [0.25, 0.3) is 0 Å². The summed E-state index contributed by atoms with van der Waals surface area (Å²) < 4.78 is 1.92. The molecule has 17 heavy (non-hydrogen) atoms. The summed E-state index contributed by atoms with van der Waals surface area (Å²) in [5.74, 6) is 1.71. The van der Waals surface area contributed by atoms with Crippen LogP contribution in [-0.4, -0.2) is 14.8 Å². The number of anilines is 1. The second-order valence-electron chi connectivity index (χ2n) is 3.73. The zero-order chi connectivity index (χ0) is 12.3. The molecule has 0 bridgehead atoms. The minimum Gasteiger partial charge on any atom is -0.377 e. The van der Waals surface area contributed by atoms with Crippen LogP contribution in [0.15, 0.2) is 24.3 Å². The van der Waals surface area contributed by atoms with Gasteiger partial charge in [0.25, 0.3) is 0 Å². The summed E-state index contributed by atoms with van der Waals surface area (Å²) in [6.45, 7) is 2.45. The number of benzene rings is 1. The molecule has 0 fully saturated rings. The van der Waals surface area contributed by atoms with Gasteiger partial charge in [-0.3, -0.25) is 0 Å². The van der Waals surface area contributed by atoms with E-state index in [-0.39, 0.29) is 0 Å². The third kappa shape index (κ3) is 2.26. The first-order valence-electron chi connectivity index (χ1n) is 5.30. The summed E-state index contributed by atoms with van der Waals surface area (Å²) in [5.41, 5.74) is 1.45. The molecule has 0 aliphatic rings. The summed E-state index contributed by atoms with van der Waals surface area (Å²) in [5, 5.41) is 20.2. The van der Waals surface area contributed by atoms with Crippen molar-refractivity contribution < 1.29 is 0 Å². The summed E-state index contributed by atoms with van der Waals surface area (Å²) >= 11 is 0. The number of hydrogen-bond donors (Lipinski definition) is 1. The SMILES string of the molecule is Cc1nnc(CNc2ccccc2C#N)n1C. The van der Waals surface area contributed by atoms with Gasteiger partial charge in [0.15, 0.2) is 5.82 Å². The van der Waals surface area contributed by atoms with E-state index in [1.54, 1.807) is 6.07 Å². The number of nitrogens with zero attached hydrogens (tertiary/aromatic N) is 4. The zero-order valence-electron chi connectivity index (χ0n) is 9.81. The quantitative estimate of drug-likeness (QED) is 0.865. The van der Waals surface area contributed by atoms with Gasteiger partial charge in [0.1, 0.15) is 11.9 Å². The van der Waals surface area contributed by atoms with Gasteiger partial charge in [0, 0.05) is 7.05 Å². The number of nitrogens with one attached hydrogen (secondary N) is 1. The Morgan fingerprint density at radius 2 is 2.12 bits per heavy atom. The maximum atomic E-state index is 8.95. The number of para-hydroxylation sites is 1. The second-order valence-corrected chi connectivity index (χ2v) is 3.73. The van der Waals surface area contributed by atoms with Crippen LogP contribution in [0, 0.1) is 18.3 Å². The zero-order valence-corrected chi connectivity index (χ0v) is 9.81. The van der Waals surface area contributed by atoms with Crippen molar-refractivity contribution in [3.63, 3.8) is 0 Å². The molecule has 0 aliphatic heterocycles. The van der Waals surface area contributed by atoms with Crippen molar-refractivity contribution in [3.8, 4) is 6.07 Å². The molecule has 2 aromatic rings. The first-order chi connectivity index (χ1) is 8.22. The van der Waals surface area contributed by atoms with E-state index in [1.807, 2.05) is 36.7 Å². The van der Waals surface area contributed by atoms with Crippen LogP contribution in [0.4, 0.5) is 5.69 Å². The van der Waals surface area contributed by atoms with E-state index in [9.17, 15) is 0 Å². The summed E-state index contributed by atoms with van der Waals surface area (Å²) in [6, 6.07) is 9.54. The molecule has 5 nitrogen and oxygen atoms in total. The molecule has 1 heterocycles. The minimum absolute atomic E-state index is 0.552. The first-order valence-corrected chi connectivity index (χ1v) is 5.30. The topological polar surface area (TPSA) is 66.5 Å². The van der Waals surface area contributed by atoms with Gasteiger partial charge < -0.3 is 9.88 Å². The third-order valence-electron chi connectivity index (χ3n) is 2.67. The third-order valence-corrected chi connectivity index (χ3v) is 2.67. The highest BCUT2D eigenvalue weighted by atomic mass is 15.3. The molecule has 5 heteroatoms. The molecule has 1 N–H and O–H groups in total. The van der Waals surface area contributed by atoms with E-state index in [4.69, 9.17) is 5.26 Å². The Balaban J connectivity index is 2.13. The highest BCUT2D eigenvalue weighted by molar-refractivity contribution is 5.57. The van der Waals surface area contributed by atoms with Crippen molar-refractivity contribution in [2.24, 2.45) is 7.05 Å². The monoisotopic (exact) mass is 227 g/mol. The Morgan fingerprint density at radius 1 is 1.35 bits per heavy atom. The van der Waals surface area contributed by atoms with E-state index in [0.29, 0.717) is 12.1 Å². The van der Waals surface area contributed by atoms with Crippen LogP contribution in [0.5, 0.6) is 0 Å². The Hall–Kier alpha value is -2.35. The molecule has 0 saturated heterocycles. The highest BCUT2D eigenvalue weighted by Crippen LogP contribution is 2.14. The van der Waals surface area contributed by atoms with Crippen molar-refractivity contribution in [2.75, 3.05) is 5.32 Å². The van der Waals surface area contributed by atoms with Crippen LogP contribution < -0.4 is 5.32 Å². The minimum atomic E-state index is 0.552. The lowest BCUT2D eigenvalue weighted by Crippen LogP contribution is -2.07. The van der Waals surface area contributed by atoms with Gasteiger partial charge in [-0.15, -0.1) is 10.2 Å². The Kier molecular flexibility index (Phi) is 3.06. The van der Waals surface area contributed by atoms with Gasteiger partial charge in [-0.25, -0.2) is 0 Å². The lowest BCUT2D eigenvalue weighted by Gasteiger charge is -2.07. The lowest BCUT2D eigenvalue weighted by molar-refractivity contribution is 0.789. The standard InChI is InChI=1S/C12H13N5/c1-9-15-16-12(17(9)2)8-14-11-6-4-3-5-10(11)7-13/h3-6,14H,8H2,1-2H3. The number of rotatable bonds is 3. The lowest BCUT2D eigenvalue weighted by atomic mass is 10.2. The van der Waals surface area contributed by atoms with Gasteiger partial charge >= 0.3 is 0 Å². The van der Waals surface area contributed by atoms with Crippen molar-refractivity contribution in [2.45, 2.75) is 13.5 Å². The maximum absolute atomic E-state index is 8.95. The fourth-order valence-electron chi connectivity index (χ4n) is 1.51. The van der Waals surface area contributed by atoms with Gasteiger partial charge in [0.2, 0.25) is 0 Å². The predicted octanol–water partition coefficient (Wildman–Crippen LogP) is 1.61. The molecule has 2 rings (SSSR count). The Bertz CT molecular complexity index is 565. The second kappa shape index (κ2) is 4.66. The average molecular weight is 227 g/mol. The number of aryl methyl sites for hydroxylation is 1. The van der Waals surface area contributed by atoms with E-state index in [0.717, 1.165) is 17.3 Å². The smallest absolute Gasteiger partial charge is 0.152 e. The van der Waals surface area contributed by atoms with Gasteiger partial charge in [-0.1, -0.05) is 12.1 Å². The number of aromatic nitrogens is 3. The van der Waals surface area contributed by atoms with Crippen molar-refractivity contribution in [1.82, 2.24) is 14.8 Å². The maximum Gasteiger partial charge on any atom is 0.152 e. The summed E-state index contributed by atoms with van der Waals surface area (Å²) in [4.78, 5) is 0. The fraction of sp³-hybridized carbons (Fsp3) is 0.250. The molecule has 0 aliphatic carbocycles. The van der Waals surface area contributed by atoms with E-state index in [1.165, 1.54) is 0 Å². The van der Waals surface area contributed by atoms with Gasteiger partial charge in [-0.05, 0) is 19.1 Å². The van der Waals surface area contributed by atoms with Crippen molar-refractivity contribution >= 4 is 5.69 Å². The highest BCUT2D eigenvalue weighted by Gasteiger charge is 2.05. The Labute approximate surface area is 99.7 Å². The number of nitriles is 1. The molecule has 0 amide bonds. The fourth-order valence-corrected chi connectivity index (χ4v) is 1.51. The van der Waals surface area contributed by atoms with Gasteiger partial charge in [-0.2, -0.15) is 5.26 Å². The molecule has 1 aromatic heterocycles. The summed E-state index contributed by atoms with van der Waals surface area (Å²) in [6.07, 6.45) is 0. The molecule has 0 unspecified atom stereocenters. The molecule has 0 atom stereocenters. The van der Waals surface area contributed by atoms with Crippen molar-refractivity contribution in [1.29, 1.82) is 5.26 Å². The number of hydrogen-bond acceptors (Lipinski definition) is 4. The first kappa shape index (κ1) is 11.1. The Morgan fingerprint density at radius 3 is 2.76 bits per heavy atom. The van der Waals surface area contributed by atoms with E-state index < -0.39 is 0 Å². The molecular weight excluding hydrogens is 214 g/mol. The largest absolute Gasteiger partial charge is 0.377 e. The molecule has 86 valence electrons. The summed E-state index contributed by atoms with van der Waals surface area (Å²) in [7, 11) is 1.92. The predicted molar refractivity (Wildman–Crippen MR) is 64.2 cm³/mol. The molecule has 0 spiro atoms. The van der Waals surface area contributed by atoms with Crippen LogP contribution in [0.2, 0.25) is 0 Å². The van der Waals surface area contributed by atoms with Gasteiger partial charge in [0.05, 0.1) is 17.8 Å². The van der Waals surface area contributed by atoms with E-state index >= 15 is 0 Å². The molecule has 1 aromatic carbocycles. The van der Waals surface area contributed by atoms with Crippen LogP contribution in [0.1, 0.15) is 17.2 Å². The molecule has 0 radical (unpaired) electrons. The van der Waals surface area contributed by atoms with Crippen LogP contribution >= 0.6 is 0 Å². The van der Waals surface area contributed by atoms with Crippen molar-refractivity contribution in [3.05, 3.63) is 41.5 Å².